The number of aryl methyl sites for hydroxylation is 1. The molecule has 7 nitrogen and oxygen atoms in total. The Morgan fingerprint density at radius 3 is 2.70 bits per heavy atom. The molecular formula is C21H17BrFN3O4. The number of hydrogen-bond donors (Lipinski definition) is 2. The number of carbonyl (C=O) groups excluding carboxylic acids is 3. The molecule has 0 radical (unpaired) electrons. The number of carbonyl (C=O) groups is 3. The summed E-state index contributed by atoms with van der Waals surface area (Å²) >= 11 is 3.15. The highest BCUT2D eigenvalue weighted by atomic mass is 79.9. The molecule has 0 spiro atoms. The molecule has 2 N–H and O–H groups in total. The second kappa shape index (κ2) is 7.91. The van der Waals surface area contributed by atoms with E-state index in [4.69, 9.17) is 4.74 Å². The van der Waals surface area contributed by atoms with E-state index in [9.17, 15) is 18.8 Å². The van der Waals surface area contributed by atoms with Gasteiger partial charge in [0.25, 0.3) is 0 Å². The summed E-state index contributed by atoms with van der Waals surface area (Å²) in [7, 11) is 0. The van der Waals surface area contributed by atoms with Crippen LogP contribution >= 0.6 is 15.9 Å². The van der Waals surface area contributed by atoms with Crippen molar-refractivity contribution in [3.8, 4) is 0 Å². The average Bonchev–Trinajstić information content (AvgIpc) is 3.08. The lowest BCUT2D eigenvalue weighted by atomic mass is 9.95. The molecule has 2 heterocycles. The Kier molecular flexibility index (Phi) is 5.29. The van der Waals surface area contributed by atoms with E-state index in [1.807, 2.05) is 31.2 Å². The molecule has 0 fully saturated rings. The summed E-state index contributed by atoms with van der Waals surface area (Å²) in [5.74, 6) is -1.76. The Hall–Kier alpha value is -3.20. The maximum absolute atomic E-state index is 14.0. The molecule has 0 bridgehead atoms. The third-order valence-corrected chi connectivity index (χ3v) is 5.41. The van der Waals surface area contributed by atoms with Gasteiger partial charge in [-0.1, -0.05) is 45.8 Å². The van der Waals surface area contributed by atoms with Crippen molar-refractivity contribution in [3.05, 3.63) is 75.2 Å². The molecule has 0 saturated heterocycles. The zero-order valence-electron chi connectivity index (χ0n) is 15.9. The fourth-order valence-electron chi connectivity index (χ4n) is 3.41. The van der Waals surface area contributed by atoms with Gasteiger partial charge in [0.1, 0.15) is 19.0 Å². The van der Waals surface area contributed by atoms with E-state index < -0.39 is 36.3 Å². The Labute approximate surface area is 180 Å². The van der Waals surface area contributed by atoms with Gasteiger partial charge in [0.2, 0.25) is 5.91 Å². The quantitative estimate of drug-likeness (QED) is 0.666. The molecule has 0 saturated carbocycles. The lowest BCUT2D eigenvalue weighted by Crippen LogP contribution is -2.49. The summed E-state index contributed by atoms with van der Waals surface area (Å²) in [4.78, 5) is 38.7. The Bertz CT molecular complexity index is 1080. The second-order valence-corrected chi connectivity index (χ2v) is 7.90. The Morgan fingerprint density at radius 2 is 2.00 bits per heavy atom. The van der Waals surface area contributed by atoms with Gasteiger partial charge in [-0.2, -0.15) is 0 Å². The second-order valence-electron chi connectivity index (χ2n) is 6.99. The normalized spacial score (nSPS) is 18.1. The number of urea groups is 1. The number of nitrogens with one attached hydrogen (secondary N) is 2. The predicted octanol–water partition coefficient (Wildman–Crippen LogP) is 3.41. The highest BCUT2D eigenvalue weighted by molar-refractivity contribution is 9.10. The number of esters is 1. The maximum Gasteiger partial charge on any atom is 0.338 e. The van der Waals surface area contributed by atoms with E-state index in [1.54, 1.807) is 6.07 Å². The molecule has 30 heavy (non-hydrogen) atoms. The van der Waals surface area contributed by atoms with Crippen molar-refractivity contribution in [1.29, 1.82) is 0 Å². The molecule has 1 unspecified atom stereocenters. The average molecular weight is 474 g/mol. The van der Waals surface area contributed by atoms with E-state index >= 15 is 0 Å². The van der Waals surface area contributed by atoms with Crippen LogP contribution in [0.25, 0.3) is 0 Å². The first-order valence-electron chi connectivity index (χ1n) is 9.13. The van der Waals surface area contributed by atoms with Gasteiger partial charge in [-0.15, -0.1) is 0 Å². The Balaban J connectivity index is 1.59. The van der Waals surface area contributed by atoms with Crippen molar-refractivity contribution >= 4 is 39.5 Å². The number of cyclic esters (lactones) is 1. The van der Waals surface area contributed by atoms with Crippen molar-refractivity contribution in [2.45, 2.75) is 13.0 Å². The van der Waals surface area contributed by atoms with E-state index in [0.717, 1.165) is 16.0 Å². The molecule has 3 amide bonds. The van der Waals surface area contributed by atoms with E-state index in [0.29, 0.717) is 15.7 Å². The van der Waals surface area contributed by atoms with Gasteiger partial charge in [-0.3, -0.25) is 9.69 Å². The summed E-state index contributed by atoms with van der Waals surface area (Å²) in [5.41, 5.74) is 2.40. The molecule has 0 aliphatic carbocycles. The van der Waals surface area contributed by atoms with Gasteiger partial charge < -0.3 is 15.4 Å². The van der Waals surface area contributed by atoms with Crippen molar-refractivity contribution < 1.29 is 23.5 Å². The summed E-state index contributed by atoms with van der Waals surface area (Å²) < 4.78 is 19.7. The van der Waals surface area contributed by atoms with Crippen LogP contribution in [-0.2, 0) is 14.3 Å². The number of halogens is 2. The maximum atomic E-state index is 14.0. The Morgan fingerprint density at radius 1 is 1.27 bits per heavy atom. The van der Waals surface area contributed by atoms with Gasteiger partial charge in [0, 0.05) is 4.47 Å². The molecule has 2 aromatic carbocycles. The third kappa shape index (κ3) is 3.80. The predicted molar refractivity (Wildman–Crippen MR) is 110 cm³/mol. The molecule has 2 aliphatic rings. The van der Waals surface area contributed by atoms with Crippen LogP contribution in [0.3, 0.4) is 0 Å². The van der Waals surface area contributed by atoms with Gasteiger partial charge in [0.15, 0.2) is 0 Å². The molecule has 9 heteroatoms. The topological polar surface area (TPSA) is 87.7 Å². The van der Waals surface area contributed by atoms with Crippen LogP contribution in [0.5, 0.6) is 0 Å². The number of ether oxygens (including phenoxy) is 1. The van der Waals surface area contributed by atoms with Crippen molar-refractivity contribution in [2.24, 2.45) is 0 Å². The number of benzene rings is 2. The van der Waals surface area contributed by atoms with Gasteiger partial charge in [0.05, 0.1) is 23.0 Å². The minimum Gasteiger partial charge on any atom is -0.456 e. The molecular weight excluding hydrogens is 457 g/mol. The van der Waals surface area contributed by atoms with Crippen LogP contribution in [0.2, 0.25) is 0 Å². The number of hydrogen-bond acceptors (Lipinski definition) is 4. The van der Waals surface area contributed by atoms with Crippen molar-refractivity contribution in [2.75, 3.05) is 18.5 Å². The summed E-state index contributed by atoms with van der Waals surface area (Å²) in [6.07, 6.45) is 0. The highest BCUT2D eigenvalue weighted by Gasteiger charge is 2.42. The first-order valence-corrected chi connectivity index (χ1v) is 9.92. The van der Waals surface area contributed by atoms with Gasteiger partial charge in [-0.25, -0.2) is 14.0 Å². The minimum atomic E-state index is -0.661. The molecule has 1 atom stereocenters. The lowest BCUT2D eigenvalue weighted by molar-refractivity contribution is -0.136. The zero-order valence-corrected chi connectivity index (χ0v) is 17.5. The van der Waals surface area contributed by atoms with E-state index in [-0.39, 0.29) is 12.3 Å². The lowest BCUT2D eigenvalue weighted by Gasteiger charge is -2.32. The fraction of sp³-hybridized carbons (Fsp3) is 0.190. The molecule has 0 aromatic heterocycles. The van der Waals surface area contributed by atoms with Crippen LogP contribution in [-0.4, -0.2) is 36.0 Å². The number of rotatable bonds is 4. The number of anilines is 1. The van der Waals surface area contributed by atoms with Crippen LogP contribution < -0.4 is 10.6 Å². The zero-order chi connectivity index (χ0) is 21.4. The van der Waals surface area contributed by atoms with Crippen molar-refractivity contribution in [3.63, 3.8) is 0 Å². The number of amides is 3. The fourth-order valence-corrected chi connectivity index (χ4v) is 3.74. The third-order valence-electron chi connectivity index (χ3n) is 4.92. The standard InChI is InChI=1S/C21H17BrFN3O4/c1-11-2-4-12(5-3-11)19-18-16(10-30-20(18)28)26(21(29)25-19)9-17(27)24-15-7-6-13(22)8-14(15)23/h2-8,19H,9-10H2,1H3,(H,24,27)(H,25,29). The van der Waals surface area contributed by atoms with E-state index in [1.165, 1.54) is 12.1 Å². The first kappa shape index (κ1) is 20.1. The van der Waals surface area contributed by atoms with Crippen LogP contribution in [0.4, 0.5) is 14.9 Å². The van der Waals surface area contributed by atoms with Gasteiger partial charge >= 0.3 is 12.0 Å². The summed E-state index contributed by atoms with van der Waals surface area (Å²) in [5, 5.41) is 5.20. The smallest absolute Gasteiger partial charge is 0.338 e. The van der Waals surface area contributed by atoms with Crippen molar-refractivity contribution in [1.82, 2.24) is 10.2 Å². The molecule has 154 valence electrons. The van der Waals surface area contributed by atoms with Crippen LogP contribution in [0.15, 0.2) is 58.2 Å². The summed E-state index contributed by atoms with van der Waals surface area (Å²) in [6, 6.07) is 10.4. The molecule has 2 aliphatic heterocycles. The van der Waals surface area contributed by atoms with Gasteiger partial charge in [-0.05, 0) is 30.7 Å². The highest BCUT2D eigenvalue weighted by Crippen LogP contribution is 2.35. The SMILES string of the molecule is Cc1ccc(C2NC(=O)N(CC(=O)Nc3ccc(Br)cc3F)C3=C2C(=O)OC3)cc1. The largest absolute Gasteiger partial charge is 0.456 e. The molecule has 4 rings (SSSR count). The number of nitrogens with zero attached hydrogens (tertiary/aromatic N) is 1. The van der Waals surface area contributed by atoms with Crippen LogP contribution in [0, 0.1) is 12.7 Å². The van der Waals surface area contributed by atoms with E-state index in [2.05, 4.69) is 26.6 Å². The molecule has 2 aromatic rings. The monoisotopic (exact) mass is 473 g/mol. The van der Waals surface area contributed by atoms with Crippen LogP contribution in [0.1, 0.15) is 17.2 Å². The summed E-state index contributed by atoms with van der Waals surface area (Å²) in [6.45, 7) is 1.44. The minimum absolute atomic E-state index is 0.00824. The first-order chi connectivity index (χ1) is 14.3.